The van der Waals surface area contributed by atoms with Crippen molar-refractivity contribution in [3.8, 4) is 0 Å². The van der Waals surface area contributed by atoms with Crippen molar-refractivity contribution >= 4 is 20.0 Å². The molecule has 0 saturated carbocycles. The van der Waals surface area contributed by atoms with Gasteiger partial charge in [0.25, 0.3) is 0 Å². The maximum atomic E-state index is 11.9. The van der Waals surface area contributed by atoms with Crippen molar-refractivity contribution < 1.29 is 16.8 Å². The second-order valence-electron chi connectivity index (χ2n) is 3.94. The van der Waals surface area contributed by atoms with E-state index in [1.54, 1.807) is 0 Å². The third-order valence-electron chi connectivity index (χ3n) is 2.17. The van der Waals surface area contributed by atoms with E-state index < -0.39 is 20.0 Å². The smallest absolute Gasteiger partial charge is 0.214 e. The summed E-state index contributed by atoms with van der Waals surface area (Å²) >= 11 is 0. The number of hydrogen-bond donors (Lipinski definition) is 1. The molecule has 0 aliphatic heterocycles. The van der Waals surface area contributed by atoms with Crippen LogP contribution in [0.1, 0.15) is 33.1 Å². The Morgan fingerprint density at radius 3 is 1.76 bits per heavy atom. The standard InChI is InChI=1S/C9H22N2O4S2/c1-3-6-11(7-4-2)17(14,15)9-5-8-16(10,12)13/h3-9H2,1-2H3,(H2,10,12,13). The minimum Gasteiger partial charge on any atom is -0.229 e. The first-order chi connectivity index (χ1) is 7.73. The summed E-state index contributed by atoms with van der Waals surface area (Å²) in [7, 11) is -6.94. The Balaban J connectivity index is 4.42. The van der Waals surface area contributed by atoms with Gasteiger partial charge in [-0.05, 0) is 19.3 Å². The van der Waals surface area contributed by atoms with E-state index in [1.807, 2.05) is 13.8 Å². The van der Waals surface area contributed by atoms with Gasteiger partial charge < -0.3 is 0 Å². The zero-order valence-electron chi connectivity index (χ0n) is 10.4. The lowest BCUT2D eigenvalue weighted by Crippen LogP contribution is -2.35. The molecule has 0 rings (SSSR count). The van der Waals surface area contributed by atoms with Gasteiger partial charge in [0.15, 0.2) is 0 Å². The SMILES string of the molecule is CCCN(CCC)S(=O)(=O)CCCS(N)(=O)=O. The fourth-order valence-corrected chi connectivity index (χ4v) is 3.88. The van der Waals surface area contributed by atoms with Gasteiger partial charge in [-0.25, -0.2) is 26.3 Å². The van der Waals surface area contributed by atoms with E-state index >= 15 is 0 Å². The highest BCUT2D eigenvalue weighted by molar-refractivity contribution is 7.90. The first kappa shape index (κ1) is 16.8. The molecule has 0 aromatic heterocycles. The van der Waals surface area contributed by atoms with Crippen molar-refractivity contribution in [1.82, 2.24) is 4.31 Å². The van der Waals surface area contributed by atoms with Crippen LogP contribution in [-0.2, 0) is 20.0 Å². The normalized spacial score (nSPS) is 13.2. The molecule has 0 aliphatic rings. The van der Waals surface area contributed by atoms with Crippen molar-refractivity contribution in [3.05, 3.63) is 0 Å². The largest absolute Gasteiger partial charge is 0.229 e. The summed E-state index contributed by atoms with van der Waals surface area (Å²) in [6, 6.07) is 0. The highest BCUT2D eigenvalue weighted by atomic mass is 32.2. The molecule has 0 atom stereocenters. The molecule has 0 aromatic rings. The Kier molecular flexibility index (Phi) is 7.22. The molecule has 0 saturated heterocycles. The molecule has 0 unspecified atom stereocenters. The Morgan fingerprint density at radius 1 is 0.941 bits per heavy atom. The Labute approximate surface area is 104 Å². The molecule has 0 aliphatic carbocycles. The average Bonchev–Trinajstić information content (AvgIpc) is 2.15. The lowest BCUT2D eigenvalue weighted by Gasteiger charge is -2.20. The van der Waals surface area contributed by atoms with Crippen LogP contribution >= 0.6 is 0 Å². The van der Waals surface area contributed by atoms with Crippen LogP contribution < -0.4 is 5.14 Å². The second-order valence-corrected chi connectivity index (χ2v) is 7.76. The van der Waals surface area contributed by atoms with E-state index in [4.69, 9.17) is 5.14 Å². The van der Waals surface area contributed by atoms with Crippen LogP contribution in [-0.4, -0.2) is 45.7 Å². The summed E-state index contributed by atoms with van der Waals surface area (Å²) in [6.07, 6.45) is 1.54. The number of sulfonamides is 2. The minimum absolute atomic E-state index is 0.0467. The van der Waals surface area contributed by atoms with Gasteiger partial charge in [0.2, 0.25) is 20.0 Å². The fourth-order valence-electron chi connectivity index (χ4n) is 1.46. The van der Waals surface area contributed by atoms with Crippen LogP contribution in [0.2, 0.25) is 0 Å². The van der Waals surface area contributed by atoms with Gasteiger partial charge in [-0.1, -0.05) is 13.8 Å². The summed E-state index contributed by atoms with van der Waals surface area (Å²) < 4.78 is 46.6. The van der Waals surface area contributed by atoms with Crippen LogP contribution in [0.25, 0.3) is 0 Å². The van der Waals surface area contributed by atoms with Crippen LogP contribution in [0, 0.1) is 0 Å². The van der Waals surface area contributed by atoms with E-state index in [9.17, 15) is 16.8 Å². The fraction of sp³-hybridized carbons (Fsp3) is 1.00. The van der Waals surface area contributed by atoms with Crippen LogP contribution in [0.4, 0.5) is 0 Å². The topological polar surface area (TPSA) is 97.5 Å². The van der Waals surface area contributed by atoms with Gasteiger partial charge in [-0.3, -0.25) is 0 Å². The van der Waals surface area contributed by atoms with Gasteiger partial charge in [0.05, 0.1) is 11.5 Å². The third-order valence-corrected chi connectivity index (χ3v) is 4.98. The van der Waals surface area contributed by atoms with E-state index in [1.165, 1.54) is 4.31 Å². The zero-order valence-corrected chi connectivity index (χ0v) is 12.1. The monoisotopic (exact) mass is 286 g/mol. The maximum absolute atomic E-state index is 11.9. The molecule has 0 radical (unpaired) electrons. The van der Waals surface area contributed by atoms with Gasteiger partial charge in [-0.2, -0.15) is 0 Å². The predicted octanol–water partition coefficient (Wildman–Crippen LogP) is 0.117. The second kappa shape index (κ2) is 7.30. The van der Waals surface area contributed by atoms with Crippen molar-refractivity contribution in [1.29, 1.82) is 0 Å². The summed E-state index contributed by atoms with van der Waals surface area (Å²) in [6.45, 7) is 4.77. The molecule has 0 amide bonds. The van der Waals surface area contributed by atoms with E-state index in [0.717, 1.165) is 12.8 Å². The molecular weight excluding hydrogens is 264 g/mol. The maximum Gasteiger partial charge on any atom is 0.214 e. The van der Waals surface area contributed by atoms with E-state index in [2.05, 4.69) is 0 Å². The number of hydrogen-bond acceptors (Lipinski definition) is 4. The van der Waals surface area contributed by atoms with Gasteiger partial charge in [0, 0.05) is 13.1 Å². The van der Waals surface area contributed by atoms with Crippen LogP contribution in [0.5, 0.6) is 0 Å². The van der Waals surface area contributed by atoms with Crippen LogP contribution in [0.3, 0.4) is 0 Å². The first-order valence-corrected chi connectivity index (χ1v) is 9.03. The molecule has 0 fully saturated rings. The summed E-state index contributed by atoms with van der Waals surface area (Å²) in [5.74, 6) is -0.457. The van der Waals surface area contributed by atoms with Gasteiger partial charge in [-0.15, -0.1) is 0 Å². The number of nitrogens with zero attached hydrogens (tertiary/aromatic N) is 1. The number of nitrogens with two attached hydrogens (primary N) is 1. The highest BCUT2D eigenvalue weighted by Gasteiger charge is 2.20. The number of rotatable bonds is 9. The van der Waals surface area contributed by atoms with E-state index in [0.29, 0.717) is 13.1 Å². The zero-order chi connectivity index (χ0) is 13.5. The Bertz CT molecular complexity index is 397. The summed E-state index contributed by atoms with van der Waals surface area (Å²) in [5, 5.41) is 4.82. The summed E-state index contributed by atoms with van der Waals surface area (Å²) in [4.78, 5) is 0. The van der Waals surface area contributed by atoms with Gasteiger partial charge >= 0.3 is 0 Å². The molecule has 0 spiro atoms. The van der Waals surface area contributed by atoms with Crippen molar-refractivity contribution in [2.24, 2.45) is 5.14 Å². The molecule has 0 aromatic carbocycles. The first-order valence-electron chi connectivity index (χ1n) is 5.71. The highest BCUT2D eigenvalue weighted by Crippen LogP contribution is 2.06. The predicted molar refractivity (Wildman–Crippen MR) is 68.5 cm³/mol. The molecule has 0 heterocycles. The van der Waals surface area contributed by atoms with E-state index in [-0.39, 0.29) is 17.9 Å². The van der Waals surface area contributed by atoms with Gasteiger partial charge in [0.1, 0.15) is 0 Å². The number of primary sulfonamides is 1. The molecule has 6 nitrogen and oxygen atoms in total. The lowest BCUT2D eigenvalue weighted by atomic mass is 10.4. The van der Waals surface area contributed by atoms with Crippen molar-refractivity contribution in [3.63, 3.8) is 0 Å². The van der Waals surface area contributed by atoms with Crippen LogP contribution in [0.15, 0.2) is 0 Å². The molecule has 2 N–H and O–H groups in total. The summed E-state index contributed by atoms with van der Waals surface area (Å²) in [5.41, 5.74) is 0. The molecular formula is C9H22N2O4S2. The Morgan fingerprint density at radius 2 is 1.41 bits per heavy atom. The molecule has 0 bridgehead atoms. The molecule has 17 heavy (non-hydrogen) atoms. The average molecular weight is 286 g/mol. The third kappa shape index (κ3) is 7.69. The molecule has 8 heteroatoms. The Hall–Kier alpha value is -0.180. The quantitative estimate of drug-likeness (QED) is 0.651. The molecule has 104 valence electrons. The van der Waals surface area contributed by atoms with Crippen molar-refractivity contribution in [2.75, 3.05) is 24.6 Å². The lowest BCUT2D eigenvalue weighted by molar-refractivity contribution is 0.409. The van der Waals surface area contributed by atoms with Crippen molar-refractivity contribution in [2.45, 2.75) is 33.1 Å². The minimum atomic E-state index is -3.58.